The molecular formula is C27H38N2O4Si. The summed E-state index contributed by atoms with van der Waals surface area (Å²) in [6.45, 7) is 10.2. The Hall–Kier alpha value is -2.51. The molecule has 184 valence electrons. The van der Waals surface area contributed by atoms with E-state index in [1.54, 1.807) is 18.4 Å². The summed E-state index contributed by atoms with van der Waals surface area (Å²) in [7, 11) is -2.62. The van der Waals surface area contributed by atoms with E-state index in [1.165, 1.54) is 5.56 Å². The van der Waals surface area contributed by atoms with Gasteiger partial charge in [-0.1, -0.05) is 75.5 Å². The third kappa shape index (κ3) is 8.06. The van der Waals surface area contributed by atoms with Crippen LogP contribution in [-0.4, -0.2) is 23.9 Å². The van der Waals surface area contributed by atoms with Crippen LogP contribution in [0, 0.1) is 5.41 Å². The number of hydrogen-bond acceptors (Lipinski definition) is 6. The lowest BCUT2D eigenvalue weighted by atomic mass is 9.93. The average molecular weight is 483 g/mol. The smallest absolute Gasteiger partial charge is 0.293 e. The molecule has 3 rings (SSSR count). The van der Waals surface area contributed by atoms with Gasteiger partial charge in [-0.2, -0.15) is 4.98 Å². The molecule has 0 bridgehead atoms. The minimum Gasteiger partial charge on any atom is -0.459 e. The minimum absolute atomic E-state index is 0.0719. The van der Waals surface area contributed by atoms with Gasteiger partial charge in [-0.3, -0.25) is 0 Å². The van der Waals surface area contributed by atoms with Gasteiger partial charge in [0.15, 0.2) is 11.6 Å². The molecule has 0 spiro atoms. The number of benzene rings is 1. The number of aromatic nitrogens is 2. The molecule has 0 saturated heterocycles. The number of carbonyl (C=O) groups is 1. The Labute approximate surface area is 204 Å². The van der Waals surface area contributed by atoms with Crippen LogP contribution in [0.4, 0.5) is 0 Å². The fourth-order valence-corrected chi connectivity index (χ4v) is 5.90. The Morgan fingerprint density at radius 3 is 2.44 bits per heavy atom. The molecule has 1 aromatic carbocycles. The van der Waals surface area contributed by atoms with E-state index in [9.17, 15) is 4.79 Å². The molecule has 0 aliphatic rings. The van der Waals surface area contributed by atoms with Gasteiger partial charge < -0.3 is 18.2 Å². The van der Waals surface area contributed by atoms with E-state index in [1.807, 2.05) is 13.1 Å². The highest BCUT2D eigenvalue weighted by Crippen LogP contribution is 2.31. The number of aryl methyl sites for hydroxylation is 1. The Morgan fingerprint density at radius 2 is 1.76 bits per heavy atom. The first kappa shape index (κ1) is 26.1. The van der Waals surface area contributed by atoms with Crippen molar-refractivity contribution in [2.45, 2.75) is 84.9 Å². The zero-order chi connectivity index (χ0) is 24.6. The zero-order valence-electron chi connectivity index (χ0n) is 21.2. The lowest BCUT2D eigenvalue weighted by molar-refractivity contribution is -0.115. The molecule has 34 heavy (non-hydrogen) atoms. The number of furan rings is 1. The summed E-state index contributed by atoms with van der Waals surface area (Å²) in [4.78, 5) is 17.6. The largest absolute Gasteiger partial charge is 0.459 e. The number of rotatable bonds is 13. The van der Waals surface area contributed by atoms with Gasteiger partial charge in [0.2, 0.25) is 0 Å². The first-order valence-corrected chi connectivity index (χ1v) is 15.2. The van der Waals surface area contributed by atoms with Gasteiger partial charge in [0.25, 0.3) is 14.2 Å². The van der Waals surface area contributed by atoms with Gasteiger partial charge in [-0.05, 0) is 55.5 Å². The van der Waals surface area contributed by atoms with Crippen LogP contribution < -0.4 is 0 Å². The first-order chi connectivity index (χ1) is 16.1. The van der Waals surface area contributed by atoms with Crippen LogP contribution in [0.5, 0.6) is 0 Å². The lowest BCUT2D eigenvalue weighted by Crippen LogP contribution is -2.44. The van der Waals surface area contributed by atoms with Crippen LogP contribution in [0.2, 0.25) is 13.1 Å². The molecule has 0 N–H and O–H groups in total. The van der Waals surface area contributed by atoms with Crippen LogP contribution in [0.25, 0.3) is 11.7 Å². The number of hydrogen-bond donors (Lipinski definition) is 0. The van der Waals surface area contributed by atoms with Crippen molar-refractivity contribution in [2.24, 2.45) is 5.41 Å². The van der Waals surface area contributed by atoms with Crippen molar-refractivity contribution in [3.05, 3.63) is 60.1 Å². The van der Waals surface area contributed by atoms with Gasteiger partial charge in [0.1, 0.15) is 11.5 Å². The molecule has 7 heteroatoms. The second-order valence-corrected chi connectivity index (χ2v) is 14.5. The van der Waals surface area contributed by atoms with E-state index < -0.39 is 8.32 Å². The summed E-state index contributed by atoms with van der Waals surface area (Å²) in [6, 6.07) is 14.2. The fourth-order valence-electron chi connectivity index (χ4n) is 3.88. The number of nitrogens with zero attached hydrogens (tertiary/aromatic N) is 2. The summed E-state index contributed by atoms with van der Waals surface area (Å²) in [5.74, 6) is 1.34. The lowest BCUT2D eigenvalue weighted by Gasteiger charge is -2.29. The average Bonchev–Trinajstić information content (AvgIpc) is 3.47. The molecule has 0 saturated carbocycles. The Bertz CT molecular complexity index is 1010. The van der Waals surface area contributed by atoms with Gasteiger partial charge >= 0.3 is 0 Å². The third-order valence-electron chi connectivity index (χ3n) is 5.79. The molecule has 1 atom stereocenters. The minimum atomic E-state index is -2.62. The molecular weight excluding hydrogens is 444 g/mol. The van der Waals surface area contributed by atoms with Crippen LogP contribution in [-0.2, 0) is 15.6 Å². The SMILES string of the molecule is CC(C)(C)CC(=O)[Si](C)(C)OC(CCCCCCc1ccccc1)c1noc(-c2ccco2)n1. The van der Waals surface area contributed by atoms with Crippen molar-refractivity contribution < 1.29 is 18.2 Å². The highest BCUT2D eigenvalue weighted by molar-refractivity contribution is 6.99. The summed E-state index contributed by atoms with van der Waals surface area (Å²) < 4.78 is 17.3. The van der Waals surface area contributed by atoms with Crippen LogP contribution >= 0.6 is 0 Å². The van der Waals surface area contributed by atoms with E-state index in [0.717, 1.165) is 38.5 Å². The number of unbranched alkanes of at least 4 members (excludes halogenated alkanes) is 3. The van der Waals surface area contributed by atoms with E-state index in [0.29, 0.717) is 23.9 Å². The van der Waals surface area contributed by atoms with E-state index >= 15 is 0 Å². The third-order valence-corrected chi connectivity index (χ3v) is 8.18. The topological polar surface area (TPSA) is 78.4 Å². The maximum atomic E-state index is 13.0. The summed E-state index contributed by atoms with van der Waals surface area (Å²) in [5.41, 5.74) is 1.31. The van der Waals surface area contributed by atoms with Crippen molar-refractivity contribution >= 4 is 13.7 Å². The van der Waals surface area contributed by atoms with E-state index in [4.69, 9.17) is 13.4 Å². The Morgan fingerprint density at radius 1 is 1.03 bits per heavy atom. The number of carbonyl (C=O) groups excluding carboxylic acids is 1. The van der Waals surface area contributed by atoms with Gasteiger partial charge in [0, 0.05) is 6.42 Å². The molecule has 0 fully saturated rings. The molecule has 2 aromatic heterocycles. The molecule has 0 amide bonds. The summed E-state index contributed by atoms with van der Waals surface area (Å²) in [5, 5.41) is 4.40. The molecule has 1 unspecified atom stereocenters. The monoisotopic (exact) mass is 482 g/mol. The molecule has 3 aromatic rings. The standard InChI is InChI=1S/C27H38N2O4Si/c1-27(2,3)20-24(30)34(4,5)33-22(25-28-26(32-29-25)23-18-13-19-31-23)17-12-7-6-9-14-21-15-10-8-11-16-21/h8,10-11,13,15-16,18-19,22H,6-7,9,12,14,17,20H2,1-5H3. The van der Waals surface area contributed by atoms with Crippen molar-refractivity contribution in [3.8, 4) is 11.7 Å². The van der Waals surface area contributed by atoms with E-state index in [-0.39, 0.29) is 16.9 Å². The first-order valence-electron chi connectivity index (χ1n) is 12.3. The molecule has 6 nitrogen and oxygen atoms in total. The predicted octanol–water partition coefficient (Wildman–Crippen LogP) is 7.33. The van der Waals surface area contributed by atoms with Crippen molar-refractivity contribution in [1.82, 2.24) is 10.1 Å². The fraction of sp³-hybridized carbons (Fsp3) is 0.519. The zero-order valence-corrected chi connectivity index (χ0v) is 22.2. The van der Waals surface area contributed by atoms with Gasteiger partial charge in [-0.25, -0.2) is 0 Å². The molecule has 0 aliphatic carbocycles. The Balaban J connectivity index is 1.61. The van der Waals surface area contributed by atoms with Crippen molar-refractivity contribution in [2.75, 3.05) is 0 Å². The summed E-state index contributed by atoms with van der Waals surface area (Å²) in [6.07, 6.45) is 7.93. The predicted molar refractivity (Wildman–Crippen MR) is 136 cm³/mol. The highest BCUT2D eigenvalue weighted by Gasteiger charge is 2.38. The van der Waals surface area contributed by atoms with Gasteiger partial charge in [-0.15, -0.1) is 0 Å². The van der Waals surface area contributed by atoms with Crippen LogP contribution in [0.15, 0.2) is 57.7 Å². The van der Waals surface area contributed by atoms with E-state index in [2.05, 4.69) is 61.2 Å². The highest BCUT2D eigenvalue weighted by atomic mass is 28.4. The quantitative estimate of drug-likeness (QED) is 0.187. The normalized spacial score (nSPS) is 13.2. The second-order valence-electron chi connectivity index (χ2n) is 10.7. The van der Waals surface area contributed by atoms with Crippen LogP contribution in [0.1, 0.15) is 76.8 Å². The summed E-state index contributed by atoms with van der Waals surface area (Å²) >= 11 is 0. The van der Waals surface area contributed by atoms with Crippen molar-refractivity contribution in [3.63, 3.8) is 0 Å². The van der Waals surface area contributed by atoms with Crippen molar-refractivity contribution in [1.29, 1.82) is 0 Å². The molecule has 0 radical (unpaired) electrons. The van der Waals surface area contributed by atoms with Gasteiger partial charge in [0.05, 0.1) is 6.26 Å². The molecule has 0 aliphatic heterocycles. The maximum absolute atomic E-state index is 13.0. The maximum Gasteiger partial charge on any atom is 0.293 e. The Kier molecular flexibility index (Phi) is 9.02. The van der Waals surface area contributed by atoms with Crippen LogP contribution in [0.3, 0.4) is 0 Å². The molecule has 2 heterocycles. The second kappa shape index (κ2) is 11.8.